The van der Waals surface area contributed by atoms with Gasteiger partial charge in [-0.05, 0) is 42.7 Å². The molecule has 0 radical (unpaired) electrons. The number of carbonyl (C=O) groups excluding carboxylic acids is 1. The molecule has 2 aromatic rings. The fourth-order valence-electron chi connectivity index (χ4n) is 2.42. The summed E-state index contributed by atoms with van der Waals surface area (Å²) in [5, 5.41) is 0.357. The van der Waals surface area contributed by atoms with Gasteiger partial charge in [-0.1, -0.05) is 23.7 Å². The third-order valence-electron chi connectivity index (χ3n) is 3.72. The molecule has 0 bridgehead atoms. The average molecular weight is 370 g/mol. The molecule has 1 aliphatic heterocycles. The molecule has 0 saturated carbocycles. The number of sulfonamides is 1. The lowest BCUT2D eigenvalue weighted by Gasteiger charge is -2.12. The van der Waals surface area contributed by atoms with Gasteiger partial charge in [0.15, 0.2) is 0 Å². The Bertz CT molecular complexity index is 822. The Balaban J connectivity index is 1.66. The molecule has 0 aliphatic carbocycles. The molecule has 6 nitrogen and oxygen atoms in total. The van der Waals surface area contributed by atoms with Crippen molar-refractivity contribution in [1.29, 1.82) is 0 Å². The maximum absolute atomic E-state index is 12.3. The van der Waals surface area contributed by atoms with Gasteiger partial charge >= 0.3 is 5.97 Å². The van der Waals surface area contributed by atoms with Crippen molar-refractivity contribution >= 4 is 27.6 Å². The fourth-order valence-corrected chi connectivity index (χ4v) is 3.98. The molecule has 0 N–H and O–H groups in total. The number of furan rings is 1. The van der Waals surface area contributed by atoms with Gasteiger partial charge in [-0.15, -0.1) is 0 Å². The maximum Gasteiger partial charge on any atom is 0.374 e. The number of hydrogen-bond acceptors (Lipinski definition) is 5. The quantitative estimate of drug-likeness (QED) is 0.757. The predicted molar refractivity (Wildman–Crippen MR) is 87.3 cm³/mol. The van der Waals surface area contributed by atoms with Gasteiger partial charge in [0.25, 0.3) is 10.0 Å². The van der Waals surface area contributed by atoms with Gasteiger partial charge < -0.3 is 9.15 Å². The summed E-state index contributed by atoms with van der Waals surface area (Å²) >= 11 is 5.79. The lowest BCUT2D eigenvalue weighted by molar-refractivity contribution is 0.0430. The number of benzene rings is 1. The zero-order valence-electron chi connectivity index (χ0n) is 12.8. The molecular formula is C16H16ClNO5S. The second-order valence-corrected chi connectivity index (χ2v) is 7.74. The van der Waals surface area contributed by atoms with Gasteiger partial charge in [0.05, 0.1) is 0 Å². The van der Waals surface area contributed by atoms with Crippen LogP contribution in [0.5, 0.6) is 0 Å². The van der Waals surface area contributed by atoms with Crippen LogP contribution in [0, 0.1) is 0 Å². The van der Waals surface area contributed by atoms with E-state index in [-0.39, 0.29) is 17.5 Å². The number of halogens is 1. The van der Waals surface area contributed by atoms with E-state index in [0.717, 1.165) is 18.4 Å². The molecule has 24 heavy (non-hydrogen) atoms. The number of rotatable bonds is 5. The van der Waals surface area contributed by atoms with Crippen molar-refractivity contribution in [3.05, 3.63) is 52.7 Å². The summed E-state index contributed by atoms with van der Waals surface area (Å²) in [6.07, 6.45) is 1.66. The summed E-state index contributed by atoms with van der Waals surface area (Å²) in [4.78, 5) is 12.0. The number of hydrogen-bond donors (Lipinski definition) is 0. The van der Waals surface area contributed by atoms with E-state index in [1.807, 2.05) is 0 Å². The van der Waals surface area contributed by atoms with Crippen LogP contribution in [0.25, 0.3) is 0 Å². The van der Waals surface area contributed by atoms with Crippen molar-refractivity contribution < 1.29 is 22.4 Å². The molecular weight excluding hydrogens is 354 g/mol. The number of esters is 1. The topological polar surface area (TPSA) is 76.8 Å². The fraction of sp³-hybridized carbons (Fsp3) is 0.312. The van der Waals surface area contributed by atoms with Crippen molar-refractivity contribution in [2.75, 3.05) is 13.1 Å². The number of carbonyl (C=O) groups is 1. The van der Waals surface area contributed by atoms with Crippen LogP contribution in [0.1, 0.15) is 29.0 Å². The van der Waals surface area contributed by atoms with Crippen LogP contribution in [0.3, 0.4) is 0 Å². The first-order chi connectivity index (χ1) is 11.5. The first kappa shape index (κ1) is 17.0. The highest BCUT2D eigenvalue weighted by atomic mass is 35.5. The summed E-state index contributed by atoms with van der Waals surface area (Å²) in [6.45, 7) is 0.990. The normalized spacial score (nSPS) is 15.5. The summed E-state index contributed by atoms with van der Waals surface area (Å²) < 4.78 is 36.4. The van der Waals surface area contributed by atoms with Gasteiger partial charge in [0, 0.05) is 18.1 Å². The van der Waals surface area contributed by atoms with Crippen molar-refractivity contribution in [1.82, 2.24) is 4.31 Å². The third-order valence-corrected chi connectivity index (χ3v) is 5.75. The molecule has 0 unspecified atom stereocenters. The summed E-state index contributed by atoms with van der Waals surface area (Å²) in [7, 11) is -3.68. The Hall–Kier alpha value is -1.83. The van der Waals surface area contributed by atoms with E-state index in [0.29, 0.717) is 18.1 Å². The molecule has 1 aliphatic rings. The molecule has 2 heterocycles. The largest absolute Gasteiger partial charge is 0.455 e. The van der Waals surface area contributed by atoms with E-state index in [9.17, 15) is 13.2 Å². The van der Waals surface area contributed by atoms with Crippen LogP contribution >= 0.6 is 11.6 Å². The van der Waals surface area contributed by atoms with Crippen LogP contribution < -0.4 is 0 Å². The molecule has 8 heteroatoms. The van der Waals surface area contributed by atoms with Crippen LogP contribution in [0.4, 0.5) is 0 Å². The van der Waals surface area contributed by atoms with Crippen LogP contribution in [0.2, 0.25) is 5.02 Å². The summed E-state index contributed by atoms with van der Waals surface area (Å²) in [6, 6.07) is 9.46. The van der Waals surface area contributed by atoms with Crippen LogP contribution in [-0.4, -0.2) is 31.8 Å². The van der Waals surface area contributed by atoms with Gasteiger partial charge in [0.2, 0.25) is 10.9 Å². The Kier molecular flexibility index (Phi) is 4.93. The molecule has 1 saturated heterocycles. The minimum absolute atomic E-state index is 0.0465. The highest BCUT2D eigenvalue weighted by Crippen LogP contribution is 2.23. The second kappa shape index (κ2) is 6.96. The van der Waals surface area contributed by atoms with Crippen LogP contribution in [0.15, 0.2) is 45.9 Å². The standard InChI is InChI=1S/C16H16ClNO5S/c17-13-5-3-12(4-6-13)11-22-16(19)14-7-8-15(23-14)24(20,21)18-9-1-2-10-18/h3-8H,1-2,9-11H2. The second-order valence-electron chi connectivity index (χ2n) is 5.43. The van der Waals surface area contributed by atoms with E-state index in [1.54, 1.807) is 24.3 Å². The molecule has 0 spiro atoms. The summed E-state index contributed by atoms with van der Waals surface area (Å²) in [5.74, 6) is -0.852. The molecule has 0 atom stereocenters. The molecule has 0 amide bonds. The monoisotopic (exact) mass is 369 g/mol. The van der Waals surface area contributed by atoms with Crippen molar-refractivity contribution in [3.8, 4) is 0 Å². The molecule has 1 fully saturated rings. The zero-order chi connectivity index (χ0) is 17.2. The van der Waals surface area contributed by atoms with Crippen molar-refractivity contribution in [3.63, 3.8) is 0 Å². The van der Waals surface area contributed by atoms with E-state index < -0.39 is 16.0 Å². The minimum Gasteiger partial charge on any atom is -0.455 e. The maximum atomic E-state index is 12.3. The summed E-state index contributed by atoms with van der Waals surface area (Å²) in [5.41, 5.74) is 0.768. The SMILES string of the molecule is O=C(OCc1ccc(Cl)cc1)c1ccc(S(=O)(=O)N2CCCC2)o1. The van der Waals surface area contributed by atoms with E-state index in [1.165, 1.54) is 16.4 Å². The lowest BCUT2D eigenvalue weighted by Crippen LogP contribution is -2.27. The first-order valence-electron chi connectivity index (χ1n) is 7.48. The smallest absolute Gasteiger partial charge is 0.374 e. The van der Waals surface area contributed by atoms with Gasteiger partial charge in [-0.3, -0.25) is 0 Å². The van der Waals surface area contributed by atoms with Crippen molar-refractivity contribution in [2.45, 2.75) is 24.5 Å². The molecule has 1 aromatic carbocycles. The average Bonchev–Trinajstić information content (AvgIpc) is 3.26. The number of nitrogens with zero attached hydrogens (tertiary/aromatic N) is 1. The van der Waals surface area contributed by atoms with E-state index in [4.69, 9.17) is 20.8 Å². The van der Waals surface area contributed by atoms with Crippen LogP contribution in [-0.2, 0) is 21.4 Å². The van der Waals surface area contributed by atoms with Crippen molar-refractivity contribution in [2.24, 2.45) is 0 Å². The number of ether oxygens (including phenoxy) is 1. The third kappa shape index (κ3) is 3.63. The van der Waals surface area contributed by atoms with Gasteiger partial charge in [-0.25, -0.2) is 13.2 Å². The Morgan fingerprint density at radius 3 is 2.46 bits per heavy atom. The minimum atomic E-state index is -3.68. The molecule has 3 rings (SSSR count). The van der Waals surface area contributed by atoms with E-state index >= 15 is 0 Å². The van der Waals surface area contributed by atoms with Gasteiger partial charge in [0.1, 0.15) is 6.61 Å². The molecule has 128 valence electrons. The Morgan fingerprint density at radius 2 is 1.79 bits per heavy atom. The predicted octanol–water partition coefficient (Wildman–Crippen LogP) is 3.07. The Labute approximate surface area is 145 Å². The highest BCUT2D eigenvalue weighted by Gasteiger charge is 2.30. The lowest BCUT2D eigenvalue weighted by atomic mass is 10.2. The highest BCUT2D eigenvalue weighted by molar-refractivity contribution is 7.89. The first-order valence-corrected chi connectivity index (χ1v) is 9.30. The molecule has 1 aromatic heterocycles. The van der Waals surface area contributed by atoms with Gasteiger partial charge in [-0.2, -0.15) is 4.31 Å². The Morgan fingerprint density at radius 1 is 1.12 bits per heavy atom. The van der Waals surface area contributed by atoms with E-state index in [2.05, 4.69) is 0 Å². The zero-order valence-corrected chi connectivity index (χ0v) is 14.3.